The summed E-state index contributed by atoms with van der Waals surface area (Å²) in [6.07, 6.45) is 37.2. The van der Waals surface area contributed by atoms with Crippen LogP contribution in [0.25, 0.3) is 0 Å². The molecular weight excluding hydrogens is 468 g/mol. The number of carbonyl (C=O) groups is 1. The van der Waals surface area contributed by atoms with Crippen molar-refractivity contribution in [3.05, 3.63) is 0 Å². The summed E-state index contributed by atoms with van der Waals surface area (Å²) in [5.74, 6) is -0.0342. The topological polar surface area (TPSA) is 46.5 Å². The molecule has 0 heterocycles. The number of hydrogen-bond donors (Lipinski definition) is 1. The predicted octanol–water partition coefficient (Wildman–Crippen LogP) is 11.9. The van der Waals surface area contributed by atoms with E-state index < -0.39 is 0 Å². The molecule has 0 amide bonds. The lowest BCUT2D eigenvalue weighted by atomic mass is 10.0. The molecule has 0 aliphatic carbocycles. The molecule has 0 rings (SSSR count). The Kier molecular flexibility index (Phi) is 37.9. The molecule has 0 saturated heterocycles. The number of unbranched alkanes of at least 4 members (excludes halogenated alkanes) is 25. The lowest BCUT2D eigenvalue weighted by Gasteiger charge is -2.07. The maximum atomic E-state index is 11.3. The molecule has 0 spiro atoms. The molecule has 0 aliphatic heterocycles. The van der Waals surface area contributed by atoms with Crippen molar-refractivity contribution in [3.63, 3.8) is 0 Å². The van der Waals surface area contributed by atoms with Crippen LogP contribution in [0.1, 0.15) is 207 Å². The second-order valence-electron chi connectivity index (χ2n) is 11.9. The quantitative estimate of drug-likeness (QED) is 0.0758. The van der Waals surface area contributed by atoms with E-state index >= 15 is 0 Å². The van der Waals surface area contributed by atoms with Crippen LogP contribution < -0.4 is 0 Å². The van der Waals surface area contributed by atoms with E-state index in [2.05, 4.69) is 13.8 Å². The molecule has 0 aromatic heterocycles. The van der Waals surface area contributed by atoms with E-state index in [1.165, 1.54) is 161 Å². The molecule has 38 heavy (non-hydrogen) atoms. The minimum Gasteiger partial charge on any atom is -0.463 e. The van der Waals surface area contributed by atoms with Crippen LogP contribution in [0.4, 0.5) is 0 Å². The van der Waals surface area contributed by atoms with Crippen molar-refractivity contribution in [2.75, 3.05) is 6.61 Å². The molecule has 1 N–H and O–H groups in total. The standard InChI is InChI=1S/C19H38O2.C16H34O/c1-4-5-6-7-8-9-10-11-12-13-14-15-16-17-19(20)21-18(2)3;1-2-3-4-5-6-7-8-9-10-11-12-13-14-15-16-17/h18H,4-17H2,1-3H3;17H,2-16H2,1H3. The second kappa shape index (κ2) is 36.4. The number of rotatable bonds is 29. The van der Waals surface area contributed by atoms with Gasteiger partial charge in [0.25, 0.3) is 0 Å². The molecule has 0 saturated carbocycles. The smallest absolute Gasteiger partial charge is 0.306 e. The maximum Gasteiger partial charge on any atom is 0.306 e. The lowest BCUT2D eigenvalue weighted by Crippen LogP contribution is -2.10. The van der Waals surface area contributed by atoms with Gasteiger partial charge in [0, 0.05) is 13.0 Å². The third-order valence-corrected chi connectivity index (χ3v) is 7.36. The minimum absolute atomic E-state index is 0.0273. The van der Waals surface area contributed by atoms with Crippen LogP contribution in [0.2, 0.25) is 0 Å². The highest BCUT2D eigenvalue weighted by Gasteiger charge is 2.04. The molecule has 0 unspecified atom stereocenters. The molecule has 0 aromatic rings. The number of hydrogen-bond acceptors (Lipinski definition) is 3. The van der Waals surface area contributed by atoms with Gasteiger partial charge in [-0.25, -0.2) is 0 Å². The molecule has 3 nitrogen and oxygen atoms in total. The fraction of sp³-hybridized carbons (Fsp3) is 0.971. The van der Waals surface area contributed by atoms with Crippen molar-refractivity contribution in [3.8, 4) is 0 Å². The van der Waals surface area contributed by atoms with Crippen LogP contribution in [0.5, 0.6) is 0 Å². The van der Waals surface area contributed by atoms with Crippen molar-refractivity contribution in [1.82, 2.24) is 0 Å². The molecule has 0 fully saturated rings. The molecule has 0 atom stereocenters. The fourth-order valence-electron chi connectivity index (χ4n) is 4.92. The summed E-state index contributed by atoms with van der Waals surface area (Å²) in [5.41, 5.74) is 0. The summed E-state index contributed by atoms with van der Waals surface area (Å²) in [6.45, 7) is 8.73. The predicted molar refractivity (Wildman–Crippen MR) is 169 cm³/mol. The first-order chi connectivity index (χ1) is 18.6. The fourth-order valence-corrected chi connectivity index (χ4v) is 4.92. The first-order valence-corrected chi connectivity index (χ1v) is 17.4. The van der Waals surface area contributed by atoms with Crippen LogP contribution in [0.15, 0.2) is 0 Å². The van der Waals surface area contributed by atoms with Crippen LogP contribution >= 0.6 is 0 Å². The zero-order chi connectivity index (χ0) is 28.4. The highest BCUT2D eigenvalue weighted by molar-refractivity contribution is 5.69. The summed E-state index contributed by atoms with van der Waals surface area (Å²) in [4.78, 5) is 11.3. The van der Waals surface area contributed by atoms with E-state index in [9.17, 15) is 4.79 Å². The molecule has 3 heteroatoms. The first-order valence-electron chi connectivity index (χ1n) is 17.4. The average Bonchev–Trinajstić information content (AvgIpc) is 2.89. The molecule has 0 aromatic carbocycles. The maximum absolute atomic E-state index is 11.3. The van der Waals surface area contributed by atoms with E-state index in [1.807, 2.05) is 13.8 Å². The van der Waals surface area contributed by atoms with E-state index in [-0.39, 0.29) is 12.1 Å². The van der Waals surface area contributed by atoms with Crippen LogP contribution in [0.3, 0.4) is 0 Å². The number of aliphatic hydroxyl groups is 1. The van der Waals surface area contributed by atoms with Crippen molar-refractivity contribution < 1.29 is 14.6 Å². The van der Waals surface area contributed by atoms with Gasteiger partial charge in [-0.1, -0.05) is 174 Å². The first kappa shape index (κ1) is 39.6. The Morgan fingerprint density at radius 3 is 1.00 bits per heavy atom. The van der Waals surface area contributed by atoms with Gasteiger partial charge in [0.1, 0.15) is 0 Å². The third kappa shape index (κ3) is 39.9. The van der Waals surface area contributed by atoms with E-state index in [0.29, 0.717) is 13.0 Å². The Balaban J connectivity index is 0. The SMILES string of the molecule is CCCCCCCCCCCCCCCC(=O)OC(C)C.CCCCCCCCCCCCCCCCO. The van der Waals surface area contributed by atoms with Crippen molar-refractivity contribution in [2.45, 2.75) is 214 Å². The van der Waals surface area contributed by atoms with Gasteiger partial charge in [0.05, 0.1) is 6.10 Å². The monoisotopic (exact) mass is 541 g/mol. The Hall–Kier alpha value is -0.570. The van der Waals surface area contributed by atoms with Crippen molar-refractivity contribution in [2.24, 2.45) is 0 Å². The summed E-state index contributed by atoms with van der Waals surface area (Å²) in [7, 11) is 0. The Morgan fingerprint density at radius 2 is 0.737 bits per heavy atom. The van der Waals surface area contributed by atoms with Gasteiger partial charge >= 0.3 is 5.97 Å². The van der Waals surface area contributed by atoms with Crippen molar-refractivity contribution >= 4 is 5.97 Å². The normalized spacial score (nSPS) is 11.0. The number of carbonyl (C=O) groups excluding carboxylic acids is 1. The minimum atomic E-state index is -0.0342. The van der Waals surface area contributed by atoms with Crippen LogP contribution in [-0.2, 0) is 9.53 Å². The summed E-state index contributed by atoms with van der Waals surface area (Å²) < 4.78 is 5.12. The number of esters is 1. The Bertz CT molecular complexity index is 407. The molecule has 0 aliphatic rings. The van der Waals surface area contributed by atoms with Crippen LogP contribution in [0, 0.1) is 0 Å². The van der Waals surface area contributed by atoms with Gasteiger partial charge in [0.15, 0.2) is 0 Å². The van der Waals surface area contributed by atoms with Gasteiger partial charge in [0.2, 0.25) is 0 Å². The van der Waals surface area contributed by atoms with Gasteiger partial charge in [-0.15, -0.1) is 0 Å². The van der Waals surface area contributed by atoms with E-state index in [1.54, 1.807) is 0 Å². The second-order valence-corrected chi connectivity index (χ2v) is 11.9. The highest BCUT2D eigenvalue weighted by atomic mass is 16.5. The molecular formula is C35H72O3. The van der Waals surface area contributed by atoms with Gasteiger partial charge < -0.3 is 9.84 Å². The zero-order valence-corrected chi connectivity index (χ0v) is 26.8. The Morgan fingerprint density at radius 1 is 0.474 bits per heavy atom. The molecule has 230 valence electrons. The molecule has 0 radical (unpaired) electrons. The van der Waals surface area contributed by atoms with E-state index in [0.717, 1.165) is 12.8 Å². The lowest BCUT2D eigenvalue weighted by molar-refractivity contribution is -0.147. The van der Waals surface area contributed by atoms with Crippen LogP contribution in [-0.4, -0.2) is 23.8 Å². The third-order valence-electron chi connectivity index (χ3n) is 7.36. The zero-order valence-electron chi connectivity index (χ0n) is 26.8. The average molecular weight is 541 g/mol. The van der Waals surface area contributed by atoms with Crippen molar-refractivity contribution in [1.29, 1.82) is 0 Å². The summed E-state index contributed by atoms with van der Waals surface area (Å²) in [6, 6.07) is 0. The number of aliphatic hydroxyl groups excluding tert-OH is 1. The van der Waals surface area contributed by atoms with Gasteiger partial charge in [-0.2, -0.15) is 0 Å². The largest absolute Gasteiger partial charge is 0.463 e. The summed E-state index contributed by atoms with van der Waals surface area (Å²) in [5, 5.41) is 8.64. The van der Waals surface area contributed by atoms with Gasteiger partial charge in [-0.3, -0.25) is 4.79 Å². The number of ether oxygens (including phenoxy) is 1. The highest BCUT2D eigenvalue weighted by Crippen LogP contribution is 2.14. The Labute approximate surface area is 240 Å². The summed E-state index contributed by atoms with van der Waals surface area (Å²) >= 11 is 0. The van der Waals surface area contributed by atoms with Gasteiger partial charge in [-0.05, 0) is 26.7 Å². The molecule has 0 bridgehead atoms. The van der Waals surface area contributed by atoms with E-state index in [4.69, 9.17) is 9.84 Å².